The molecule has 1 aromatic heterocycles. The van der Waals surface area contributed by atoms with Gasteiger partial charge in [-0.15, -0.1) is 0 Å². The molecule has 0 radical (unpaired) electrons. The van der Waals surface area contributed by atoms with E-state index in [1.807, 2.05) is 19.1 Å². The summed E-state index contributed by atoms with van der Waals surface area (Å²) in [7, 11) is -3.50. The molecule has 1 aliphatic heterocycles. The van der Waals surface area contributed by atoms with Crippen LogP contribution in [-0.2, 0) is 10.0 Å². The van der Waals surface area contributed by atoms with Gasteiger partial charge >= 0.3 is 0 Å². The van der Waals surface area contributed by atoms with Crippen molar-refractivity contribution in [1.29, 1.82) is 0 Å². The quantitative estimate of drug-likeness (QED) is 0.937. The predicted molar refractivity (Wildman–Crippen MR) is 87.0 cm³/mol. The fraction of sp³-hybridized carbons (Fsp3) is 0.438. The van der Waals surface area contributed by atoms with Gasteiger partial charge in [-0.1, -0.05) is 12.1 Å². The second kappa shape index (κ2) is 5.95. The first-order valence-corrected chi connectivity index (χ1v) is 9.02. The molecule has 6 heteroatoms. The molecule has 0 aliphatic carbocycles. The number of rotatable bonds is 3. The predicted octanol–water partition coefficient (Wildman–Crippen LogP) is 1.90. The van der Waals surface area contributed by atoms with Crippen LogP contribution < -0.4 is 5.73 Å². The minimum absolute atomic E-state index is 0.302. The number of nitrogens with two attached hydrogens (primary N) is 1. The number of piperidine rings is 1. The van der Waals surface area contributed by atoms with Crippen molar-refractivity contribution >= 4 is 20.9 Å². The lowest BCUT2D eigenvalue weighted by molar-refractivity contribution is 0.278. The van der Waals surface area contributed by atoms with Gasteiger partial charge < -0.3 is 5.73 Å². The lowest BCUT2D eigenvalue weighted by Crippen LogP contribution is -2.40. The SMILES string of the molecule is Cc1cnc2c(S(=O)(=O)N3CCC(CN)CC3)cccc2c1. The summed E-state index contributed by atoms with van der Waals surface area (Å²) >= 11 is 0. The molecule has 5 nitrogen and oxygen atoms in total. The van der Waals surface area contributed by atoms with Gasteiger partial charge in [-0.25, -0.2) is 8.42 Å². The molecule has 3 rings (SSSR count). The summed E-state index contributed by atoms with van der Waals surface area (Å²) in [5.74, 6) is 0.430. The summed E-state index contributed by atoms with van der Waals surface area (Å²) in [5, 5.41) is 0.859. The van der Waals surface area contributed by atoms with Crippen molar-refractivity contribution in [3.05, 3.63) is 36.0 Å². The van der Waals surface area contributed by atoms with Gasteiger partial charge in [0.25, 0.3) is 0 Å². The molecule has 1 saturated heterocycles. The van der Waals surface area contributed by atoms with E-state index in [0.29, 0.717) is 36.0 Å². The molecule has 2 N–H and O–H groups in total. The molecule has 2 aromatic rings. The summed E-state index contributed by atoms with van der Waals surface area (Å²) in [4.78, 5) is 4.65. The molecule has 1 fully saturated rings. The highest BCUT2D eigenvalue weighted by atomic mass is 32.2. The number of nitrogens with zero attached hydrogens (tertiary/aromatic N) is 2. The van der Waals surface area contributed by atoms with Crippen LogP contribution in [-0.4, -0.2) is 37.3 Å². The van der Waals surface area contributed by atoms with Crippen molar-refractivity contribution in [2.45, 2.75) is 24.7 Å². The average Bonchev–Trinajstić information content (AvgIpc) is 2.54. The number of aryl methyl sites for hydroxylation is 1. The topological polar surface area (TPSA) is 76.3 Å². The molecule has 0 atom stereocenters. The van der Waals surface area contributed by atoms with Crippen LogP contribution in [0.4, 0.5) is 0 Å². The Balaban J connectivity index is 1.99. The highest BCUT2D eigenvalue weighted by Crippen LogP contribution is 2.27. The molecule has 0 bridgehead atoms. The molecular formula is C16H21N3O2S. The number of para-hydroxylation sites is 1. The zero-order valence-corrected chi connectivity index (χ0v) is 13.5. The highest BCUT2D eigenvalue weighted by molar-refractivity contribution is 7.89. The summed E-state index contributed by atoms with van der Waals surface area (Å²) in [6, 6.07) is 7.29. The second-order valence-corrected chi connectivity index (χ2v) is 7.83. The van der Waals surface area contributed by atoms with Crippen molar-refractivity contribution < 1.29 is 8.42 Å². The largest absolute Gasteiger partial charge is 0.330 e. The van der Waals surface area contributed by atoms with Gasteiger partial charge in [0.1, 0.15) is 4.90 Å². The zero-order chi connectivity index (χ0) is 15.7. The van der Waals surface area contributed by atoms with Gasteiger partial charge in [-0.3, -0.25) is 4.98 Å². The highest BCUT2D eigenvalue weighted by Gasteiger charge is 2.30. The van der Waals surface area contributed by atoms with Crippen LogP contribution in [0.2, 0.25) is 0 Å². The van der Waals surface area contributed by atoms with Crippen molar-refractivity contribution in [3.8, 4) is 0 Å². The molecule has 22 heavy (non-hydrogen) atoms. The normalized spacial score (nSPS) is 17.9. The average molecular weight is 319 g/mol. The van der Waals surface area contributed by atoms with E-state index in [1.165, 1.54) is 0 Å². The fourth-order valence-corrected chi connectivity index (χ4v) is 4.61. The molecule has 0 spiro atoms. The van der Waals surface area contributed by atoms with E-state index >= 15 is 0 Å². The van der Waals surface area contributed by atoms with Crippen LogP contribution in [0.15, 0.2) is 35.4 Å². The van der Waals surface area contributed by atoms with Crippen molar-refractivity contribution in [2.24, 2.45) is 11.7 Å². The number of benzene rings is 1. The Morgan fingerprint density at radius 3 is 2.73 bits per heavy atom. The van der Waals surface area contributed by atoms with Crippen molar-refractivity contribution in [2.75, 3.05) is 19.6 Å². The molecular weight excluding hydrogens is 298 g/mol. The number of aromatic nitrogens is 1. The number of pyridine rings is 1. The molecule has 0 saturated carbocycles. The smallest absolute Gasteiger partial charge is 0.245 e. The Kier molecular flexibility index (Phi) is 4.16. The first kappa shape index (κ1) is 15.4. The third-order valence-corrected chi connectivity index (χ3v) is 6.27. The summed E-state index contributed by atoms with van der Waals surface area (Å²) in [6.07, 6.45) is 3.36. The van der Waals surface area contributed by atoms with Crippen LogP contribution in [0.5, 0.6) is 0 Å². The Labute approximate surface area is 131 Å². The Hall–Kier alpha value is -1.50. The van der Waals surface area contributed by atoms with Gasteiger partial charge in [0.15, 0.2) is 0 Å². The fourth-order valence-electron chi connectivity index (χ4n) is 2.98. The van der Waals surface area contributed by atoms with E-state index in [2.05, 4.69) is 4.98 Å². The van der Waals surface area contributed by atoms with Gasteiger partial charge in [0.2, 0.25) is 10.0 Å². The Morgan fingerprint density at radius 1 is 1.32 bits per heavy atom. The van der Waals surface area contributed by atoms with Gasteiger partial charge in [-0.2, -0.15) is 4.31 Å². The minimum Gasteiger partial charge on any atom is -0.330 e. The minimum atomic E-state index is -3.50. The third-order valence-electron chi connectivity index (χ3n) is 4.34. The Bertz CT molecular complexity index is 781. The van der Waals surface area contributed by atoms with Crippen molar-refractivity contribution in [3.63, 3.8) is 0 Å². The van der Waals surface area contributed by atoms with E-state index in [9.17, 15) is 8.42 Å². The van der Waals surface area contributed by atoms with E-state index < -0.39 is 10.0 Å². The van der Waals surface area contributed by atoms with Crippen molar-refractivity contribution in [1.82, 2.24) is 9.29 Å². The third kappa shape index (κ3) is 2.74. The summed E-state index contributed by atoms with van der Waals surface area (Å²) in [5.41, 5.74) is 7.25. The zero-order valence-electron chi connectivity index (χ0n) is 12.7. The molecule has 1 aromatic carbocycles. The molecule has 0 amide bonds. The maximum Gasteiger partial charge on any atom is 0.245 e. The number of hydrogen-bond acceptors (Lipinski definition) is 4. The van der Waals surface area contributed by atoms with Crippen LogP contribution >= 0.6 is 0 Å². The van der Waals surface area contributed by atoms with E-state index in [0.717, 1.165) is 23.8 Å². The molecule has 2 heterocycles. The second-order valence-electron chi connectivity index (χ2n) is 5.92. The maximum atomic E-state index is 12.9. The molecule has 1 aliphatic rings. The first-order valence-electron chi connectivity index (χ1n) is 7.58. The van der Waals surface area contributed by atoms with Gasteiger partial charge in [0, 0.05) is 24.7 Å². The van der Waals surface area contributed by atoms with E-state index in [4.69, 9.17) is 5.73 Å². The lowest BCUT2D eigenvalue weighted by atomic mass is 9.99. The molecule has 118 valence electrons. The summed E-state index contributed by atoms with van der Waals surface area (Å²) in [6.45, 7) is 3.65. The number of hydrogen-bond donors (Lipinski definition) is 1. The van der Waals surface area contributed by atoms with Gasteiger partial charge in [0.05, 0.1) is 5.52 Å². The number of sulfonamides is 1. The monoisotopic (exact) mass is 319 g/mol. The van der Waals surface area contributed by atoms with Crippen LogP contribution in [0.25, 0.3) is 10.9 Å². The standard InChI is InChI=1S/C16H21N3O2S/c1-12-9-14-3-2-4-15(16(14)18-11-12)22(20,21)19-7-5-13(10-17)6-8-19/h2-4,9,11,13H,5-8,10,17H2,1H3. The van der Waals surface area contributed by atoms with Gasteiger partial charge in [-0.05, 0) is 49.9 Å². The first-order chi connectivity index (χ1) is 10.5. The lowest BCUT2D eigenvalue weighted by Gasteiger charge is -2.30. The Morgan fingerprint density at radius 2 is 2.05 bits per heavy atom. The summed E-state index contributed by atoms with van der Waals surface area (Å²) < 4.78 is 27.4. The molecule has 0 unspecified atom stereocenters. The van der Waals surface area contributed by atoms with Crippen LogP contribution in [0.3, 0.4) is 0 Å². The van der Waals surface area contributed by atoms with E-state index in [1.54, 1.807) is 22.6 Å². The van der Waals surface area contributed by atoms with E-state index in [-0.39, 0.29) is 0 Å². The van der Waals surface area contributed by atoms with Crippen LogP contribution in [0.1, 0.15) is 18.4 Å². The number of fused-ring (bicyclic) bond motifs is 1. The van der Waals surface area contributed by atoms with Crippen LogP contribution in [0, 0.1) is 12.8 Å². The maximum absolute atomic E-state index is 12.9.